The maximum absolute atomic E-state index is 13.5. The van der Waals surface area contributed by atoms with Gasteiger partial charge in [-0.15, -0.1) is 0 Å². The number of carbonyl (C=O) groups excluding carboxylic acids is 2. The highest BCUT2D eigenvalue weighted by molar-refractivity contribution is 5.97. The van der Waals surface area contributed by atoms with E-state index in [0.29, 0.717) is 5.69 Å². The summed E-state index contributed by atoms with van der Waals surface area (Å²) < 4.78 is 18.6. The molecule has 0 saturated carbocycles. The van der Waals surface area contributed by atoms with Gasteiger partial charge in [-0.05, 0) is 43.3 Å². The van der Waals surface area contributed by atoms with E-state index in [1.54, 1.807) is 12.1 Å². The van der Waals surface area contributed by atoms with Crippen LogP contribution in [0.3, 0.4) is 0 Å². The van der Waals surface area contributed by atoms with Crippen LogP contribution in [0.1, 0.15) is 17.3 Å². The zero-order valence-electron chi connectivity index (χ0n) is 13.7. The molecule has 2 aromatic rings. The molecule has 0 aliphatic rings. The highest BCUT2D eigenvalue weighted by Crippen LogP contribution is 2.16. The number of halogens is 1. The molecule has 0 spiro atoms. The maximum Gasteiger partial charge on any atom is 0.341 e. The molecule has 5 nitrogen and oxygen atoms in total. The predicted octanol–water partition coefficient (Wildman–Crippen LogP) is 3.08. The van der Waals surface area contributed by atoms with Gasteiger partial charge in [0.2, 0.25) is 0 Å². The van der Waals surface area contributed by atoms with Crippen LogP contribution < -0.4 is 10.2 Å². The molecule has 1 N–H and O–H groups in total. The van der Waals surface area contributed by atoms with Gasteiger partial charge in [0.15, 0.2) is 6.10 Å². The maximum atomic E-state index is 13.5. The van der Waals surface area contributed by atoms with Crippen molar-refractivity contribution in [2.45, 2.75) is 13.0 Å². The zero-order chi connectivity index (χ0) is 17.7. The molecular formula is C18H19FN2O3. The van der Waals surface area contributed by atoms with Crippen LogP contribution in [0, 0.1) is 5.82 Å². The minimum atomic E-state index is -1.05. The average molecular weight is 330 g/mol. The lowest BCUT2D eigenvalue weighted by Crippen LogP contribution is -2.30. The first-order valence-corrected chi connectivity index (χ1v) is 7.42. The number of carbonyl (C=O) groups is 2. The van der Waals surface area contributed by atoms with E-state index >= 15 is 0 Å². The van der Waals surface area contributed by atoms with Crippen LogP contribution in [0.5, 0.6) is 0 Å². The largest absolute Gasteiger partial charge is 0.449 e. The molecule has 0 saturated heterocycles. The quantitative estimate of drug-likeness (QED) is 0.856. The highest BCUT2D eigenvalue weighted by Gasteiger charge is 2.20. The highest BCUT2D eigenvalue weighted by atomic mass is 19.1. The second-order valence-electron chi connectivity index (χ2n) is 5.46. The Hall–Kier alpha value is -2.89. The van der Waals surface area contributed by atoms with Crippen molar-refractivity contribution in [1.82, 2.24) is 0 Å². The third-order valence-electron chi connectivity index (χ3n) is 3.40. The van der Waals surface area contributed by atoms with E-state index < -0.39 is 23.8 Å². The van der Waals surface area contributed by atoms with Crippen LogP contribution in [-0.4, -0.2) is 32.1 Å². The minimum Gasteiger partial charge on any atom is -0.449 e. The SMILES string of the molecule is CC(OC(=O)c1ccccc1F)C(=O)Nc1ccc(N(C)C)cc1. The standard InChI is InChI=1S/C18H19FN2O3/c1-12(24-18(23)15-6-4-5-7-16(15)19)17(22)20-13-8-10-14(11-9-13)21(2)3/h4-12H,1-3H3,(H,20,22). The van der Waals surface area contributed by atoms with Crippen LogP contribution in [0.4, 0.5) is 15.8 Å². The van der Waals surface area contributed by atoms with Crippen LogP contribution in [0.15, 0.2) is 48.5 Å². The van der Waals surface area contributed by atoms with Crippen molar-refractivity contribution in [3.63, 3.8) is 0 Å². The molecule has 1 unspecified atom stereocenters. The van der Waals surface area contributed by atoms with E-state index in [1.807, 2.05) is 31.1 Å². The third kappa shape index (κ3) is 4.32. The van der Waals surface area contributed by atoms with Crippen molar-refractivity contribution in [1.29, 1.82) is 0 Å². The number of hydrogen-bond acceptors (Lipinski definition) is 4. The van der Waals surface area contributed by atoms with E-state index in [2.05, 4.69) is 5.32 Å². The van der Waals surface area contributed by atoms with Gasteiger partial charge in [-0.3, -0.25) is 4.79 Å². The van der Waals surface area contributed by atoms with Gasteiger partial charge >= 0.3 is 5.97 Å². The molecule has 0 aliphatic heterocycles. The summed E-state index contributed by atoms with van der Waals surface area (Å²) in [5, 5.41) is 2.65. The lowest BCUT2D eigenvalue weighted by molar-refractivity contribution is -0.123. The van der Waals surface area contributed by atoms with Crippen molar-refractivity contribution in [2.24, 2.45) is 0 Å². The summed E-state index contributed by atoms with van der Waals surface area (Å²) in [6.07, 6.45) is -1.05. The van der Waals surface area contributed by atoms with Crippen molar-refractivity contribution in [2.75, 3.05) is 24.3 Å². The Morgan fingerprint density at radius 3 is 2.29 bits per heavy atom. The average Bonchev–Trinajstić information content (AvgIpc) is 2.55. The number of rotatable bonds is 5. The van der Waals surface area contributed by atoms with E-state index in [9.17, 15) is 14.0 Å². The number of esters is 1. The van der Waals surface area contributed by atoms with Crippen molar-refractivity contribution >= 4 is 23.3 Å². The number of hydrogen-bond donors (Lipinski definition) is 1. The van der Waals surface area contributed by atoms with E-state index in [1.165, 1.54) is 25.1 Å². The molecule has 0 radical (unpaired) electrons. The Bertz CT molecular complexity index is 729. The van der Waals surface area contributed by atoms with Gasteiger partial charge < -0.3 is 15.0 Å². The Morgan fingerprint density at radius 2 is 1.71 bits per heavy atom. The number of amides is 1. The minimum absolute atomic E-state index is 0.201. The van der Waals surface area contributed by atoms with Crippen molar-refractivity contribution < 1.29 is 18.7 Å². The van der Waals surface area contributed by atoms with Crippen LogP contribution in [0.25, 0.3) is 0 Å². The van der Waals surface area contributed by atoms with E-state index in [0.717, 1.165) is 11.8 Å². The van der Waals surface area contributed by atoms with Gasteiger partial charge in [0.25, 0.3) is 5.91 Å². The molecule has 24 heavy (non-hydrogen) atoms. The fourth-order valence-corrected chi connectivity index (χ4v) is 1.99. The Balaban J connectivity index is 1.97. The fraction of sp³-hybridized carbons (Fsp3) is 0.222. The number of anilines is 2. The normalized spacial score (nSPS) is 11.5. The number of benzene rings is 2. The topological polar surface area (TPSA) is 58.6 Å². The van der Waals surface area contributed by atoms with E-state index in [4.69, 9.17) is 4.74 Å². The molecule has 1 atom stereocenters. The monoisotopic (exact) mass is 330 g/mol. The van der Waals surface area contributed by atoms with E-state index in [-0.39, 0.29) is 5.56 Å². The predicted molar refractivity (Wildman–Crippen MR) is 90.7 cm³/mol. The van der Waals surface area contributed by atoms with Gasteiger partial charge in [0, 0.05) is 25.5 Å². The van der Waals surface area contributed by atoms with Crippen LogP contribution in [-0.2, 0) is 9.53 Å². The Labute approximate surface area is 140 Å². The fourth-order valence-electron chi connectivity index (χ4n) is 1.99. The van der Waals surface area contributed by atoms with Gasteiger partial charge in [-0.2, -0.15) is 0 Å². The molecule has 6 heteroatoms. The molecule has 0 aromatic heterocycles. The molecule has 0 aliphatic carbocycles. The second-order valence-corrected chi connectivity index (χ2v) is 5.46. The smallest absolute Gasteiger partial charge is 0.341 e. The molecule has 2 aromatic carbocycles. The summed E-state index contributed by atoms with van der Waals surface area (Å²) in [7, 11) is 3.83. The summed E-state index contributed by atoms with van der Waals surface area (Å²) in [5.41, 5.74) is 1.37. The first-order valence-electron chi connectivity index (χ1n) is 7.42. The second kappa shape index (κ2) is 7.59. The number of nitrogens with one attached hydrogen (secondary N) is 1. The molecule has 1 amide bonds. The summed E-state index contributed by atoms with van der Waals surface area (Å²) in [6, 6.07) is 12.7. The molecular weight excluding hydrogens is 311 g/mol. The summed E-state index contributed by atoms with van der Waals surface area (Å²) >= 11 is 0. The van der Waals surface area contributed by atoms with Gasteiger partial charge in [-0.25, -0.2) is 9.18 Å². The van der Waals surface area contributed by atoms with Gasteiger partial charge in [0.05, 0.1) is 5.56 Å². The molecule has 0 fully saturated rings. The molecule has 2 rings (SSSR count). The van der Waals surface area contributed by atoms with Gasteiger partial charge in [0.1, 0.15) is 5.82 Å². The first-order chi connectivity index (χ1) is 11.4. The summed E-state index contributed by atoms with van der Waals surface area (Å²) in [6.45, 7) is 1.43. The summed E-state index contributed by atoms with van der Waals surface area (Å²) in [4.78, 5) is 25.9. The van der Waals surface area contributed by atoms with Gasteiger partial charge in [-0.1, -0.05) is 12.1 Å². The van der Waals surface area contributed by atoms with Crippen LogP contribution >= 0.6 is 0 Å². The zero-order valence-corrected chi connectivity index (χ0v) is 13.7. The van der Waals surface area contributed by atoms with Crippen molar-refractivity contribution in [3.05, 3.63) is 59.9 Å². The lowest BCUT2D eigenvalue weighted by atomic mass is 10.2. The third-order valence-corrected chi connectivity index (χ3v) is 3.40. The lowest BCUT2D eigenvalue weighted by Gasteiger charge is -2.15. The summed E-state index contributed by atoms with van der Waals surface area (Å²) in [5.74, 6) is -2.05. The number of nitrogens with zero attached hydrogens (tertiary/aromatic N) is 1. The first kappa shape index (κ1) is 17.5. The molecule has 0 heterocycles. The Morgan fingerprint density at radius 1 is 1.08 bits per heavy atom. The molecule has 0 bridgehead atoms. The van der Waals surface area contributed by atoms with Crippen LogP contribution in [0.2, 0.25) is 0 Å². The molecule has 126 valence electrons. The van der Waals surface area contributed by atoms with Crippen molar-refractivity contribution in [3.8, 4) is 0 Å². The number of ether oxygens (including phenoxy) is 1. The Kier molecular flexibility index (Phi) is 5.52.